The maximum atomic E-state index is 11.6. The number of pyridine rings is 2. The fourth-order valence-electron chi connectivity index (χ4n) is 2.09. The predicted octanol–water partition coefficient (Wildman–Crippen LogP) is 2.61. The molecule has 22 heavy (non-hydrogen) atoms. The van der Waals surface area contributed by atoms with E-state index in [1.54, 1.807) is 24.4 Å². The van der Waals surface area contributed by atoms with Gasteiger partial charge in [-0.25, -0.2) is 4.98 Å². The minimum absolute atomic E-state index is 0.0676. The van der Waals surface area contributed by atoms with Gasteiger partial charge in [-0.15, -0.1) is 0 Å². The molecule has 0 unspecified atom stereocenters. The maximum absolute atomic E-state index is 11.6. The number of nitrogens with zero attached hydrogens (tertiary/aromatic N) is 2. The maximum Gasteiger partial charge on any atom is 0.356 e. The molecule has 5 nitrogen and oxygen atoms in total. The molecule has 0 aliphatic heterocycles. The van der Waals surface area contributed by atoms with Gasteiger partial charge in [-0.1, -0.05) is 36.4 Å². The molecule has 3 aromatic rings. The van der Waals surface area contributed by atoms with Crippen molar-refractivity contribution in [3.63, 3.8) is 0 Å². The molecule has 0 aliphatic carbocycles. The van der Waals surface area contributed by atoms with Crippen LogP contribution in [0.1, 0.15) is 0 Å². The Kier molecular flexibility index (Phi) is 3.86. The van der Waals surface area contributed by atoms with Crippen molar-refractivity contribution in [2.75, 3.05) is 0 Å². The van der Waals surface area contributed by atoms with Crippen LogP contribution < -0.4 is 5.30 Å². The molecule has 110 valence electrons. The molecule has 0 fully saturated rings. The Bertz CT molecular complexity index is 775. The summed E-state index contributed by atoms with van der Waals surface area (Å²) < 4.78 is 11.6. The van der Waals surface area contributed by atoms with E-state index in [4.69, 9.17) is 0 Å². The summed E-state index contributed by atoms with van der Waals surface area (Å²) in [7, 11) is -4.38. The summed E-state index contributed by atoms with van der Waals surface area (Å²) in [6.07, 6.45) is 1.61. The lowest BCUT2D eigenvalue weighted by molar-refractivity contribution is 0.387. The molecule has 0 radical (unpaired) electrons. The van der Waals surface area contributed by atoms with E-state index in [-0.39, 0.29) is 5.30 Å². The summed E-state index contributed by atoms with van der Waals surface area (Å²) in [5.74, 6) is 0. The van der Waals surface area contributed by atoms with Crippen molar-refractivity contribution in [3.05, 3.63) is 66.9 Å². The Labute approximate surface area is 127 Å². The number of hydrogen-bond donors (Lipinski definition) is 2. The van der Waals surface area contributed by atoms with Gasteiger partial charge in [-0.2, -0.15) is 0 Å². The van der Waals surface area contributed by atoms with Crippen LogP contribution in [0, 0.1) is 0 Å². The van der Waals surface area contributed by atoms with Crippen LogP contribution in [0.25, 0.3) is 22.6 Å². The van der Waals surface area contributed by atoms with E-state index in [0.29, 0.717) is 17.1 Å². The molecule has 2 N–H and O–H groups in total. The van der Waals surface area contributed by atoms with E-state index in [2.05, 4.69) is 9.97 Å². The lowest BCUT2D eigenvalue weighted by atomic mass is 10.1. The largest absolute Gasteiger partial charge is 0.356 e. The van der Waals surface area contributed by atoms with Crippen molar-refractivity contribution < 1.29 is 14.4 Å². The van der Waals surface area contributed by atoms with Crippen molar-refractivity contribution in [2.45, 2.75) is 0 Å². The molecule has 6 heteroatoms. The molecular weight excluding hydrogens is 299 g/mol. The summed E-state index contributed by atoms with van der Waals surface area (Å²) >= 11 is 0. The molecule has 0 aliphatic rings. The molecule has 0 bridgehead atoms. The third kappa shape index (κ3) is 3.12. The van der Waals surface area contributed by atoms with Crippen LogP contribution in [-0.4, -0.2) is 19.8 Å². The van der Waals surface area contributed by atoms with Crippen molar-refractivity contribution in [1.29, 1.82) is 0 Å². The van der Waals surface area contributed by atoms with Crippen molar-refractivity contribution in [2.24, 2.45) is 0 Å². The van der Waals surface area contributed by atoms with E-state index < -0.39 is 7.60 Å². The second-order valence-corrected chi connectivity index (χ2v) is 6.33. The SMILES string of the molecule is O=P(O)(O)c1cc(-c2ccccc2)nc(-c2ccccn2)c1. The first-order chi connectivity index (χ1) is 10.5. The summed E-state index contributed by atoms with van der Waals surface area (Å²) in [5, 5.41) is -0.0676. The van der Waals surface area contributed by atoms with Gasteiger partial charge in [-0.05, 0) is 24.3 Å². The Morgan fingerprint density at radius 2 is 1.50 bits per heavy atom. The average molecular weight is 312 g/mol. The Balaban J connectivity index is 2.21. The summed E-state index contributed by atoms with van der Waals surface area (Å²) in [6.45, 7) is 0. The Morgan fingerprint density at radius 1 is 0.818 bits per heavy atom. The predicted molar refractivity (Wildman–Crippen MR) is 84.6 cm³/mol. The quantitative estimate of drug-likeness (QED) is 0.726. The minimum atomic E-state index is -4.38. The zero-order chi connectivity index (χ0) is 15.6. The third-order valence-corrected chi connectivity index (χ3v) is 4.07. The molecule has 2 heterocycles. The molecule has 3 rings (SSSR count). The van der Waals surface area contributed by atoms with Crippen molar-refractivity contribution in [1.82, 2.24) is 9.97 Å². The van der Waals surface area contributed by atoms with Gasteiger partial charge < -0.3 is 9.79 Å². The summed E-state index contributed by atoms with van der Waals surface area (Å²) in [5.41, 5.74) is 2.28. The monoisotopic (exact) mass is 312 g/mol. The molecule has 0 atom stereocenters. The highest BCUT2D eigenvalue weighted by Gasteiger charge is 2.20. The lowest BCUT2D eigenvalue weighted by Crippen LogP contribution is -2.07. The number of aromatic nitrogens is 2. The van der Waals surface area contributed by atoms with Gasteiger partial charge in [0.25, 0.3) is 0 Å². The van der Waals surface area contributed by atoms with Gasteiger partial charge in [0.15, 0.2) is 0 Å². The highest BCUT2D eigenvalue weighted by molar-refractivity contribution is 7.60. The summed E-state index contributed by atoms with van der Waals surface area (Å²) in [6, 6.07) is 17.4. The van der Waals surface area contributed by atoms with Crippen LogP contribution >= 0.6 is 7.60 Å². The topological polar surface area (TPSA) is 83.3 Å². The van der Waals surface area contributed by atoms with Crippen LogP contribution in [0.2, 0.25) is 0 Å². The van der Waals surface area contributed by atoms with Gasteiger partial charge in [0.05, 0.1) is 22.4 Å². The average Bonchev–Trinajstić information content (AvgIpc) is 2.55. The second-order valence-electron chi connectivity index (χ2n) is 4.72. The second kappa shape index (κ2) is 5.81. The number of rotatable bonds is 3. The standard InChI is InChI=1S/C16H13N2O3P/c19-22(20,21)13-10-15(12-6-2-1-3-7-12)18-16(11-13)14-8-4-5-9-17-14/h1-11H,(H2,19,20,21). The van der Waals surface area contributed by atoms with Crippen molar-refractivity contribution >= 4 is 12.9 Å². The Hall–Kier alpha value is -2.33. The van der Waals surface area contributed by atoms with Gasteiger partial charge in [0.1, 0.15) is 0 Å². The van der Waals surface area contributed by atoms with Gasteiger partial charge in [0.2, 0.25) is 0 Å². The Morgan fingerprint density at radius 3 is 2.14 bits per heavy atom. The van der Waals surface area contributed by atoms with Gasteiger partial charge in [-0.3, -0.25) is 9.55 Å². The lowest BCUT2D eigenvalue weighted by Gasteiger charge is -2.10. The molecule has 0 saturated heterocycles. The highest BCUT2D eigenvalue weighted by Crippen LogP contribution is 2.35. The van der Waals surface area contributed by atoms with Gasteiger partial charge >= 0.3 is 7.60 Å². The molecule has 0 spiro atoms. The van der Waals surface area contributed by atoms with E-state index in [1.165, 1.54) is 12.1 Å². The molecule has 0 amide bonds. The van der Waals surface area contributed by atoms with Crippen LogP contribution in [0.5, 0.6) is 0 Å². The normalized spacial score (nSPS) is 11.4. The first kappa shape index (κ1) is 14.6. The molecule has 0 saturated carbocycles. The van der Waals surface area contributed by atoms with E-state index >= 15 is 0 Å². The fourth-order valence-corrected chi connectivity index (χ4v) is 2.67. The smallest absolute Gasteiger partial charge is 0.321 e. The minimum Gasteiger partial charge on any atom is -0.321 e. The first-order valence-electron chi connectivity index (χ1n) is 6.59. The molecule has 1 aromatic carbocycles. The first-order valence-corrected chi connectivity index (χ1v) is 8.20. The summed E-state index contributed by atoms with van der Waals surface area (Å²) in [4.78, 5) is 27.7. The zero-order valence-electron chi connectivity index (χ0n) is 11.5. The number of hydrogen-bond acceptors (Lipinski definition) is 3. The third-order valence-electron chi connectivity index (χ3n) is 3.14. The van der Waals surface area contributed by atoms with Crippen LogP contribution in [0.3, 0.4) is 0 Å². The van der Waals surface area contributed by atoms with Crippen LogP contribution in [-0.2, 0) is 4.57 Å². The highest BCUT2D eigenvalue weighted by atomic mass is 31.2. The van der Waals surface area contributed by atoms with Crippen LogP contribution in [0.15, 0.2) is 66.9 Å². The molecule has 2 aromatic heterocycles. The van der Waals surface area contributed by atoms with Gasteiger partial charge in [0, 0.05) is 11.8 Å². The van der Waals surface area contributed by atoms with Crippen LogP contribution in [0.4, 0.5) is 0 Å². The van der Waals surface area contributed by atoms with Crippen molar-refractivity contribution in [3.8, 4) is 22.6 Å². The van der Waals surface area contributed by atoms with E-state index in [0.717, 1.165) is 5.56 Å². The van der Waals surface area contributed by atoms with E-state index in [1.807, 2.05) is 30.3 Å². The number of benzene rings is 1. The molecular formula is C16H13N2O3P. The van der Waals surface area contributed by atoms with E-state index in [9.17, 15) is 14.4 Å². The zero-order valence-corrected chi connectivity index (χ0v) is 12.4. The fraction of sp³-hybridized carbons (Fsp3) is 0.